The molecule has 158 valence electrons. The third-order valence-electron chi connectivity index (χ3n) is 4.47. The summed E-state index contributed by atoms with van der Waals surface area (Å²) in [5.41, 5.74) is 2.70. The summed E-state index contributed by atoms with van der Waals surface area (Å²) in [5.74, 6) is 0.275. The highest BCUT2D eigenvalue weighted by Gasteiger charge is 2.15. The van der Waals surface area contributed by atoms with Crippen LogP contribution in [-0.2, 0) is 10.0 Å². The number of benzene rings is 3. The number of aryl methyl sites for hydroxylation is 1. The van der Waals surface area contributed by atoms with E-state index >= 15 is 0 Å². The van der Waals surface area contributed by atoms with Crippen molar-refractivity contribution in [3.63, 3.8) is 0 Å². The molecular formula is C22H18N2O4S3. The average Bonchev–Trinajstić information content (AvgIpc) is 3.15. The molecule has 4 aromatic rings. The number of phenols is 1. The lowest BCUT2D eigenvalue weighted by Gasteiger charge is -2.08. The number of fused-ring (bicyclic) bond motifs is 1. The van der Waals surface area contributed by atoms with Crippen LogP contribution in [0.5, 0.6) is 5.75 Å². The van der Waals surface area contributed by atoms with Crippen LogP contribution in [0.1, 0.15) is 15.9 Å². The summed E-state index contributed by atoms with van der Waals surface area (Å²) < 4.78 is 29.4. The molecule has 0 aliphatic heterocycles. The van der Waals surface area contributed by atoms with Gasteiger partial charge in [0.15, 0.2) is 10.1 Å². The van der Waals surface area contributed by atoms with Gasteiger partial charge in [0.05, 0.1) is 26.6 Å². The van der Waals surface area contributed by atoms with Gasteiger partial charge in [0, 0.05) is 5.56 Å². The molecule has 0 unspecified atom stereocenters. The summed E-state index contributed by atoms with van der Waals surface area (Å²) in [4.78, 5) is 17.0. The molecule has 0 aliphatic rings. The Balaban J connectivity index is 1.47. The summed E-state index contributed by atoms with van der Waals surface area (Å²) in [5, 5.41) is 9.33. The maximum absolute atomic E-state index is 12.6. The third kappa shape index (κ3) is 5.07. The lowest BCUT2D eigenvalue weighted by atomic mass is 10.1. The van der Waals surface area contributed by atoms with Gasteiger partial charge in [-0.3, -0.25) is 9.52 Å². The number of aromatic nitrogens is 1. The van der Waals surface area contributed by atoms with Crippen molar-refractivity contribution in [3.8, 4) is 5.75 Å². The summed E-state index contributed by atoms with van der Waals surface area (Å²) >= 11 is 2.73. The Hall–Kier alpha value is -2.88. The van der Waals surface area contributed by atoms with Crippen molar-refractivity contribution in [2.24, 2.45) is 0 Å². The standard InChI is InChI=1S/C22H18N2O4S3/c1-14-2-9-18(10-3-14)31(27,28)24-16-6-11-19-21(12-16)30-22(23-19)29-13-20(26)15-4-7-17(25)8-5-15/h2-12,24-25H,13H2,1H3. The minimum atomic E-state index is -3.68. The molecule has 0 saturated heterocycles. The van der Waals surface area contributed by atoms with Crippen molar-refractivity contribution >= 4 is 54.8 Å². The van der Waals surface area contributed by atoms with E-state index in [1.54, 1.807) is 54.6 Å². The summed E-state index contributed by atoms with van der Waals surface area (Å²) in [6, 6.07) is 18.0. The van der Waals surface area contributed by atoms with Crippen LogP contribution in [-0.4, -0.2) is 30.0 Å². The quantitative estimate of drug-likeness (QED) is 0.289. The van der Waals surface area contributed by atoms with E-state index in [0.29, 0.717) is 11.3 Å². The van der Waals surface area contributed by atoms with Crippen LogP contribution in [0.4, 0.5) is 5.69 Å². The molecule has 0 fully saturated rings. The molecule has 0 amide bonds. The normalized spacial score (nSPS) is 11.5. The number of thioether (sulfide) groups is 1. The van der Waals surface area contributed by atoms with Crippen LogP contribution in [0.15, 0.2) is 76.0 Å². The van der Waals surface area contributed by atoms with Gasteiger partial charge in [-0.25, -0.2) is 13.4 Å². The van der Waals surface area contributed by atoms with Crippen LogP contribution in [0.2, 0.25) is 0 Å². The Morgan fingerprint density at radius 1 is 1.06 bits per heavy atom. The second-order valence-electron chi connectivity index (χ2n) is 6.84. The molecular weight excluding hydrogens is 452 g/mol. The summed E-state index contributed by atoms with van der Waals surface area (Å²) in [6.45, 7) is 1.90. The number of carbonyl (C=O) groups excluding carboxylic acids is 1. The highest BCUT2D eigenvalue weighted by molar-refractivity contribution is 8.01. The lowest BCUT2D eigenvalue weighted by molar-refractivity contribution is 0.102. The van der Waals surface area contributed by atoms with Gasteiger partial charge in [-0.2, -0.15) is 0 Å². The number of hydrogen-bond donors (Lipinski definition) is 2. The lowest BCUT2D eigenvalue weighted by Crippen LogP contribution is -2.12. The van der Waals surface area contributed by atoms with Gasteiger partial charge in [0.25, 0.3) is 10.0 Å². The number of phenolic OH excluding ortho intramolecular Hbond substituents is 1. The van der Waals surface area contributed by atoms with Crippen molar-refractivity contribution in [1.82, 2.24) is 4.98 Å². The number of aromatic hydroxyl groups is 1. The topological polar surface area (TPSA) is 96.4 Å². The SMILES string of the molecule is Cc1ccc(S(=O)(=O)Nc2ccc3nc(SCC(=O)c4ccc(O)cc4)sc3c2)cc1. The van der Waals surface area contributed by atoms with Crippen LogP contribution >= 0.6 is 23.1 Å². The number of thiazole rings is 1. The van der Waals surface area contributed by atoms with Gasteiger partial charge in [0.1, 0.15) is 5.75 Å². The van der Waals surface area contributed by atoms with Crippen molar-refractivity contribution in [1.29, 1.82) is 0 Å². The van der Waals surface area contributed by atoms with Crippen molar-refractivity contribution in [3.05, 3.63) is 77.9 Å². The number of anilines is 1. The van der Waals surface area contributed by atoms with E-state index in [0.717, 1.165) is 20.1 Å². The van der Waals surface area contributed by atoms with Gasteiger partial charge in [-0.05, 0) is 61.5 Å². The van der Waals surface area contributed by atoms with E-state index in [1.165, 1.54) is 35.2 Å². The fourth-order valence-electron chi connectivity index (χ4n) is 2.82. The molecule has 2 N–H and O–H groups in total. The smallest absolute Gasteiger partial charge is 0.261 e. The average molecular weight is 471 g/mol. The minimum Gasteiger partial charge on any atom is -0.508 e. The number of sulfonamides is 1. The fourth-order valence-corrected chi connectivity index (χ4v) is 5.87. The summed E-state index contributed by atoms with van der Waals surface area (Å²) in [6.07, 6.45) is 0. The van der Waals surface area contributed by atoms with E-state index in [-0.39, 0.29) is 22.2 Å². The van der Waals surface area contributed by atoms with Gasteiger partial charge in [0.2, 0.25) is 0 Å². The number of nitrogens with one attached hydrogen (secondary N) is 1. The van der Waals surface area contributed by atoms with Gasteiger partial charge < -0.3 is 5.11 Å². The Labute approximate surface area is 188 Å². The maximum atomic E-state index is 12.6. The van der Waals surface area contributed by atoms with Gasteiger partial charge in [-0.1, -0.05) is 29.5 Å². The van der Waals surface area contributed by atoms with Crippen LogP contribution < -0.4 is 4.72 Å². The molecule has 0 bridgehead atoms. The minimum absolute atomic E-state index is 0.0594. The number of Topliss-reactive ketones (excluding diaryl/α,β-unsaturated/α-hetero) is 1. The summed E-state index contributed by atoms with van der Waals surface area (Å²) in [7, 11) is -3.68. The molecule has 0 aliphatic carbocycles. The number of ketones is 1. The predicted molar refractivity (Wildman–Crippen MR) is 125 cm³/mol. The van der Waals surface area contributed by atoms with E-state index in [4.69, 9.17) is 0 Å². The Morgan fingerprint density at radius 2 is 1.77 bits per heavy atom. The van der Waals surface area contributed by atoms with Crippen LogP contribution in [0, 0.1) is 6.92 Å². The highest BCUT2D eigenvalue weighted by atomic mass is 32.2. The van der Waals surface area contributed by atoms with Crippen molar-refractivity contribution in [2.45, 2.75) is 16.2 Å². The highest BCUT2D eigenvalue weighted by Crippen LogP contribution is 2.32. The number of carbonyl (C=O) groups is 1. The van der Waals surface area contributed by atoms with E-state index < -0.39 is 10.0 Å². The molecule has 0 radical (unpaired) electrons. The first-order valence-corrected chi connectivity index (χ1v) is 12.5. The molecule has 1 aromatic heterocycles. The van der Waals surface area contributed by atoms with E-state index in [2.05, 4.69) is 9.71 Å². The number of hydrogen-bond acceptors (Lipinski definition) is 7. The van der Waals surface area contributed by atoms with Crippen LogP contribution in [0.25, 0.3) is 10.2 Å². The largest absolute Gasteiger partial charge is 0.508 e. The Morgan fingerprint density at radius 3 is 2.48 bits per heavy atom. The first kappa shape index (κ1) is 21.4. The Kier molecular flexibility index (Phi) is 5.99. The molecule has 3 aromatic carbocycles. The number of nitrogens with zero attached hydrogens (tertiary/aromatic N) is 1. The zero-order chi connectivity index (χ0) is 22.0. The van der Waals surface area contributed by atoms with E-state index in [1.807, 2.05) is 6.92 Å². The molecule has 1 heterocycles. The second kappa shape index (κ2) is 8.70. The molecule has 0 saturated carbocycles. The second-order valence-corrected chi connectivity index (χ2v) is 10.8. The molecule has 9 heteroatoms. The predicted octanol–water partition coefficient (Wildman–Crippen LogP) is 5.09. The monoisotopic (exact) mass is 470 g/mol. The molecule has 31 heavy (non-hydrogen) atoms. The van der Waals surface area contributed by atoms with E-state index in [9.17, 15) is 18.3 Å². The molecule has 0 spiro atoms. The Bertz CT molecular complexity index is 1350. The zero-order valence-electron chi connectivity index (χ0n) is 16.4. The maximum Gasteiger partial charge on any atom is 0.261 e. The third-order valence-corrected chi connectivity index (χ3v) is 8.03. The number of rotatable bonds is 7. The zero-order valence-corrected chi connectivity index (χ0v) is 18.9. The molecule has 6 nitrogen and oxygen atoms in total. The van der Waals surface area contributed by atoms with Gasteiger partial charge >= 0.3 is 0 Å². The van der Waals surface area contributed by atoms with Crippen molar-refractivity contribution < 1.29 is 18.3 Å². The van der Waals surface area contributed by atoms with Crippen LogP contribution in [0.3, 0.4) is 0 Å². The molecule has 4 rings (SSSR count). The van der Waals surface area contributed by atoms with Gasteiger partial charge in [-0.15, -0.1) is 11.3 Å². The first-order chi connectivity index (χ1) is 14.8. The first-order valence-electron chi connectivity index (χ1n) is 9.25. The van der Waals surface area contributed by atoms with Crippen molar-refractivity contribution in [2.75, 3.05) is 10.5 Å². The molecule has 0 atom stereocenters. The fraction of sp³-hybridized carbons (Fsp3) is 0.0909.